The van der Waals surface area contributed by atoms with E-state index in [4.69, 9.17) is 9.47 Å². The molecule has 0 unspecified atom stereocenters. The predicted molar refractivity (Wildman–Crippen MR) is 137 cm³/mol. The zero-order valence-corrected chi connectivity index (χ0v) is 22.1. The molecule has 0 fully saturated rings. The first-order valence-corrected chi connectivity index (χ1v) is 12.6. The number of benzene rings is 1. The molecule has 0 aliphatic rings. The van der Waals surface area contributed by atoms with E-state index in [2.05, 4.69) is 47.0 Å². The third-order valence-electron chi connectivity index (χ3n) is 4.34. The number of halogens is 1. The highest BCUT2D eigenvalue weighted by Crippen LogP contribution is 2.33. The Morgan fingerprint density at radius 2 is 2.23 bits per heavy atom. The lowest BCUT2D eigenvalue weighted by Gasteiger charge is -2.04. The molecule has 11 nitrogen and oxygen atoms in total. The number of methoxy groups -OCH3 is 1. The van der Waals surface area contributed by atoms with Crippen molar-refractivity contribution in [2.24, 2.45) is 5.10 Å². The van der Waals surface area contributed by atoms with E-state index in [0.717, 1.165) is 33.1 Å². The number of nitrogens with zero attached hydrogens (tertiary/aromatic N) is 4. The Bertz CT molecular complexity index is 1300. The van der Waals surface area contributed by atoms with E-state index in [1.807, 2.05) is 24.3 Å². The van der Waals surface area contributed by atoms with Crippen molar-refractivity contribution in [3.05, 3.63) is 44.2 Å². The lowest BCUT2D eigenvalue weighted by atomic mass is 10.2. The van der Waals surface area contributed by atoms with Crippen LogP contribution in [0.15, 0.2) is 32.9 Å². The van der Waals surface area contributed by atoms with Gasteiger partial charge in [0.1, 0.15) is 21.7 Å². The second kappa shape index (κ2) is 12.3. The average Bonchev–Trinajstić information content (AvgIpc) is 3.41. The van der Waals surface area contributed by atoms with Crippen LogP contribution in [0.5, 0.6) is 5.75 Å². The molecule has 0 saturated heterocycles. The second-order valence-electron chi connectivity index (χ2n) is 6.65. The number of hydrogen-bond donors (Lipinski definition) is 3. The second-order valence-corrected chi connectivity index (χ2v) is 9.53. The Morgan fingerprint density at radius 3 is 2.94 bits per heavy atom. The number of nitriles is 1. The van der Waals surface area contributed by atoms with Gasteiger partial charge in [-0.2, -0.15) is 15.3 Å². The molecule has 2 aromatic heterocycles. The van der Waals surface area contributed by atoms with Gasteiger partial charge in [0.2, 0.25) is 17.0 Å². The van der Waals surface area contributed by atoms with Crippen molar-refractivity contribution in [2.75, 3.05) is 30.2 Å². The van der Waals surface area contributed by atoms with Gasteiger partial charge >= 0.3 is 5.97 Å². The van der Waals surface area contributed by atoms with Crippen LogP contribution >= 0.6 is 39.0 Å². The number of hydrogen-bond acceptors (Lipinski definition) is 11. The third-order valence-corrected chi connectivity index (χ3v) is 6.86. The molecule has 0 aliphatic carbocycles. The molecule has 0 bridgehead atoms. The van der Waals surface area contributed by atoms with Crippen LogP contribution in [0.4, 0.5) is 10.9 Å². The molecule has 182 valence electrons. The van der Waals surface area contributed by atoms with Gasteiger partial charge in [-0.3, -0.25) is 4.79 Å². The summed E-state index contributed by atoms with van der Waals surface area (Å²) in [6, 6.07) is 7.55. The molecule has 2 heterocycles. The molecule has 3 rings (SSSR count). The minimum atomic E-state index is -0.525. The number of thiophene rings is 1. The monoisotopic (exact) mass is 577 g/mol. The maximum absolute atomic E-state index is 12.4. The van der Waals surface area contributed by atoms with Gasteiger partial charge in [0, 0.05) is 10.0 Å². The number of amides is 1. The number of hydrazone groups is 1. The highest BCUT2D eigenvalue weighted by Gasteiger charge is 2.22. The van der Waals surface area contributed by atoms with E-state index >= 15 is 0 Å². The molecular formula is C21H20BrN7O4S2. The quantitative estimate of drug-likeness (QED) is 0.139. The molecule has 1 aromatic carbocycles. The fraction of sp³-hybridized carbons (Fsp3) is 0.238. The highest BCUT2D eigenvalue weighted by atomic mass is 79.9. The summed E-state index contributed by atoms with van der Waals surface area (Å²) in [4.78, 5) is 29.0. The summed E-state index contributed by atoms with van der Waals surface area (Å²) in [5, 5.41) is 23.6. The fourth-order valence-electron chi connectivity index (χ4n) is 2.75. The first-order valence-electron chi connectivity index (χ1n) is 10.0. The van der Waals surface area contributed by atoms with Gasteiger partial charge in [-0.15, -0.1) is 16.4 Å². The molecular weight excluding hydrogens is 558 g/mol. The number of carbonyl (C=O) groups excluding carboxylic acids is 2. The summed E-state index contributed by atoms with van der Waals surface area (Å²) in [5.74, 6) is 0.0449. The summed E-state index contributed by atoms with van der Waals surface area (Å²) in [6.45, 7) is 3.55. The summed E-state index contributed by atoms with van der Waals surface area (Å²) < 4.78 is 11.2. The minimum Gasteiger partial charge on any atom is -0.496 e. The molecule has 3 aromatic rings. The largest absolute Gasteiger partial charge is 0.496 e. The first kappa shape index (κ1) is 26.2. The number of esters is 1. The fourth-order valence-corrected chi connectivity index (χ4v) is 4.79. The van der Waals surface area contributed by atoms with Crippen LogP contribution in [-0.4, -0.2) is 52.7 Å². The molecule has 0 saturated carbocycles. The van der Waals surface area contributed by atoms with Crippen molar-refractivity contribution in [1.29, 1.82) is 5.26 Å². The van der Waals surface area contributed by atoms with Gasteiger partial charge in [-0.05, 0) is 37.6 Å². The van der Waals surface area contributed by atoms with E-state index < -0.39 is 5.97 Å². The molecule has 3 N–H and O–H groups in total. The number of thioether (sulfide) groups is 1. The van der Waals surface area contributed by atoms with Crippen LogP contribution in [0.2, 0.25) is 0 Å². The molecule has 0 radical (unpaired) electrons. The topological polar surface area (TPSA) is 154 Å². The smallest absolute Gasteiger partial charge is 0.348 e. The number of H-pyrrole nitrogens is 1. The first-order chi connectivity index (χ1) is 16.9. The number of ether oxygens (including phenoxy) is 2. The number of aromatic nitrogens is 3. The van der Waals surface area contributed by atoms with E-state index in [0.29, 0.717) is 21.5 Å². The average molecular weight is 578 g/mol. The van der Waals surface area contributed by atoms with Gasteiger partial charge in [-0.25, -0.2) is 15.3 Å². The lowest BCUT2D eigenvalue weighted by Crippen LogP contribution is -2.14. The predicted octanol–water partition coefficient (Wildman–Crippen LogP) is 4.17. The van der Waals surface area contributed by atoms with Crippen LogP contribution in [0.3, 0.4) is 0 Å². The van der Waals surface area contributed by atoms with E-state index in [9.17, 15) is 14.9 Å². The van der Waals surface area contributed by atoms with Gasteiger partial charge < -0.3 is 14.8 Å². The van der Waals surface area contributed by atoms with Crippen LogP contribution in [0.25, 0.3) is 0 Å². The summed E-state index contributed by atoms with van der Waals surface area (Å²) in [7, 11) is 1.57. The number of rotatable bonds is 10. The van der Waals surface area contributed by atoms with E-state index in [1.54, 1.807) is 27.2 Å². The van der Waals surface area contributed by atoms with Gasteiger partial charge in [-0.1, -0.05) is 27.7 Å². The molecule has 0 atom stereocenters. The standard InChI is InChI=1S/C21H20BrN7O4S2/c1-4-33-19(31)17-11(2)14(8-23)18(35-17)25-16(30)10-34-21-26-20(28-29-21)27-24-9-12-7-13(22)5-6-15(12)32-3/h5-7,9H,4,10H2,1-3H3,(H,25,30)(H2,26,27,28,29)/b24-9-. The Kier molecular flexibility index (Phi) is 9.24. The zero-order valence-electron chi connectivity index (χ0n) is 18.8. The molecule has 0 aliphatic heterocycles. The Labute approximate surface area is 217 Å². The van der Waals surface area contributed by atoms with Gasteiger partial charge in [0.25, 0.3) is 0 Å². The highest BCUT2D eigenvalue weighted by molar-refractivity contribution is 9.10. The third kappa shape index (κ3) is 6.81. The van der Waals surface area contributed by atoms with Crippen molar-refractivity contribution >= 4 is 68.1 Å². The van der Waals surface area contributed by atoms with E-state index in [-0.39, 0.29) is 34.7 Å². The van der Waals surface area contributed by atoms with Crippen LogP contribution in [-0.2, 0) is 9.53 Å². The normalized spacial score (nSPS) is 10.7. The van der Waals surface area contributed by atoms with Crippen molar-refractivity contribution in [1.82, 2.24) is 15.2 Å². The van der Waals surface area contributed by atoms with Crippen molar-refractivity contribution in [3.8, 4) is 11.8 Å². The minimum absolute atomic E-state index is 0.00758. The molecule has 0 spiro atoms. The van der Waals surface area contributed by atoms with Crippen molar-refractivity contribution < 1.29 is 19.1 Å². The Morgan fingerprint density at radius 1 is 1.43 bits per heavy atom. The van der Waals surface area contributed by atoms with Crippen molar-refractivity contribution in [3.63, 3.8) is 0 Å². The van der Waals surface area contributed by atoms with Gasteiger partial charge in [0.15, 0.2) is 0 Å². The van der Waals surface area contributed by atoms with Crippen LogP contribution in [0.1, 0.15) is 33.3 Å². The maximum Gasteiger partial charge on any atom is 0.348 e. The number of nitrogens with one attached hydrogen (secondary N) is 3. The molecule has 1 amide bonds. The maximum atomic E-state index is 12.4. The molecule has 14 heteroatoms. The van der Waals surface area contributed by atoms with Gasteiger partial charge in [0.05, 0.1) is 31.2 Å². The summed E-state index contributed by atoms with van der Waals surface area (Å²) >= 11 is 5.51. The lowest BCUT2D eigenvalue weighted by molar-refractivity contribution is -0.113. The Hall–Kier alpha value is -3.41. The number of aromatic amines is 1. The molecule has 35 heavy (non-hydrogen) atoms. The number of carbonyl (C=O) groups is 2. The SMILES string of the molecule is CCOC(=O)c1sc(NC(=O)CSc2n[nH]c(N/N=C\c3cc(Br)ccc3OC)n2)c(C#N)c1C. The zero-order chi connectivity index (χ0) is 25.4. The summed E-state index contributed by atoms with van der Waals surface area (Å²) in [5.41, 5.74) is 4.20. The van der Waals surface area contributed by atoms with Crippen LogP contribution < -0.4 is 15.5 Å². The van der Waals surface area contributed by atoms with Crippen molar-refractivity contribution in [2.45, 2.75) is 19.0 Å². The Balaban J connectivity index is 1.56. The van der Waals surface area contributed by atoms with Crippen LogP contribution in [0, 0.1) is 18.3 Å². The van der Waals surface area contributed by atoms with E-state index in [1.165, 1.54) is 0 Å². The summed E-state index contributed by atoms with van der Waals surface area (Å²) in [6.07, 6.45) is 1.58. The number of anilines is 2.